The first-order valence-corrected chi connectivity index (χ1v) is 13.9. The number of nitrogens with zero attached hydrogens (tertiary/aromatic N) is 4. The molecule has 1 amide bonds. The molecule has 0 radical (unpaired) electrons. The summed E-state index contributed by atoms with van der Waals surface area (Å²) in [6.45, 7) is 1.30. The van der Waals surface area contributed by atoms with Gasteiger partial charge >= 0.3 is 18.1 Å². The van der Waals surface area contributed by atoms with E-state index in [0.717, 1.165) is 22.2 Å². The third-order valence-corrected chi connectivity index (χ3v) is 8.16. The van der Waals surface area contributed by atoms with Crippen LogP contribution in [0.4, 0.5) is 13.2 Å². The molecule has 2 aromatic heterocycles. The molecule has 2 aliphatic heterocycles. The van der Waals surface area contributed by atoms with Crippen LogP contribution in [0.15, 0.2) is 42.6 Å². The fraction of sp³-hybridized carbons (Fsp3) is 0.333. The first-order chi connectivity index (χ1) is 20.0. The molecule has 0 saturated carbocycles. The molecule has 4 heterocycles. The number of ketones is 1. The van der Waals surface area contributed by atoms with Crippen LogP contribution in [-0.4, -0.2) is 68.8 Å². The number of ether oxygens (including phenoxy) is 2. The number of aromatic nitrogens is 3. The number of Topliss-reactive ketones (excluding diaryl/α,β-unsaturated/α-hetero) is 1. The summed E-state index contributed by atoms with van der Waals surface area (Å²) >= 11 is 7.12. The summed E-state index contributed by atoms with van der Waals surface area (Å²) in [5, 5.41) is 7.11. The Morgan fingerprint density at radius 1 is 1.12 bits per heavy atom. The van der Waals surface area contributed by atoms with E-state index in [4.69, 9.17) is 21.1 Å². The summed E-state index contributed by atoms with van der Waals surface area (Å²) in [6, 6.07) is 6.12. The van der Waals surface area contributed by atoms with E-state index in [0.29, 0.717) is 35.4 Å². The number of fused-ring (bicyclic) bond motifs is 1. The third-order valence-electron chi connectivity index (χ3n) is 6.82. The number of benzene rings is 1. The highest BCUT2D eigenvalue weighted by molar-refractivity contribution is 7.15. The van der Waals surface area contributed by atoms with Crippen molar-refractivity contribution < 1.29 is 41.8 Å². The lowest BCUT2D eigenvalue weighted by Crippen LogP contribution is -2.47. The molecule has 3 aromatic rings. The van der Waals surface area contributed by atoms with Crippen molar-refractivity contribution in [2.75, 3.05) is 13.2 Å². The first-order valence-electron chi connectivity index (χ1n) is 12.8. The van der Waals surface area contributed by atoms with Gasteiger partial charge in [-0.25, -0.2) is 14.3 Å². The number of halogens is 4. The lowest BCUT2D eigenvalue weighted by Gasteiger charge is -2.33. The molecule has 0 spiro atoms. The first kappa shape index (κ1) is 29.5. The van der Waals surface area contributed by atoms with Gasteiger partial charge in [0.15, 0.2) is 12.3 Å². The average Bonchev–Trinajstić information content (AvgIpc) is 3.71. The molecule has 1 aromatic carbocycles. The van der Waals surface area contributed by atoms with E-state index in [1.165, 1.54) is 41.3 Å². The van der Waals surface area contributed by atoms with Crippen molar-refractivity contribution in [1.82, 2.24) is 19.9 Å². The molecule has 15 heteroatoms. The van der Waals surface area contributed by atoms with Gasteiger partial charge in [-0.3, -0.25) is 9.59 Å². The van der Waals surface area contributed by atoms with Crippen molar-refractivity contribution in [1.29, 1.82) is 0 Å². The van der Waals surface area contributed by atoms with Gasteiger partial charge in [0.2, 0.25) is 11.7 Å². The summed E-state index contributed by atoms with van der Waals surface area (Å²) in [6.07, 6.45) is -1.56. The van der Waals surface area contributed by atoms with Crippen LogP contribution >= 0.6 is 22.9 Å². The minimum atomic E-state index is -4.68. The van der Waals surface area contributed by atoms with Crippen LogP contribution in [0.25, 0.3) is 11.3 Å². The number of alkyl halides is 3. The van der Waals surface area contributed by atoms with E-state index >= 15 is 0 Å². The van der Waals surface area contributed by atoms with E-state index in [2.05, 4.69) is 10.3 Å². The molecule has 42 heavy (non-hydrogen) atoms. The molecule has 0 aliphatic carbocycles. The normalized spacial score (nSPS) is 18.5. The Labute approximate surface area is 245 Å². The fourth-order valence-corrected chi connectivity index (χ4v) is 5.95. The maximum atomic E-state index is 13.2. The summed E-state index contributed by atoms with van der Waals surface area (Å²) in [5.74, 6) is -2.27. The molecule has 220 valence electrons. The van der Waals surface area contributed by atoms with Gasteiger partial charge in [0.25, 0.3) is 0 Å². The Hall–Kier alpha value is -4.04. The van der Waals surface area contributed by atoms with E-state index in [-0.39, 0.29) is 28.1 Å². The van der Waals surface area contributed by atoms with Crippen LogP contribution in [0.1, 0.15) is 56.8 Å². The number of esters is 2. The van der Waals surface area contributed by atoms with E-state index < -0.39 is 48.1 Å². The zero-order chi connectivity index (χ0) is 30.2. The van der Waals surface area contributed by atoms with Gasteiger partial charge in [-0.15, -0.1) is 16.4 Å². The maximum absolute atomic E-state index is 13.2. The zero-order valence-electron chi connectivity index (χ0n) is 21.9. The zero-order valence-corrected chi connectivity index (χ0v) is 23.5. The maximum Gasteiger partial charge on any atom is 0.436 e. The third kappa shape index (κ3) is 5.95. The van der Waals surface area contributed by atoms with Crippen molar-refractivity contribution in [2.45, 2.75) is 44.4 Å². The van der Waals surface area contributed by atoms with Crippen molar-refractivity contribution in [2.24, 2.45) is 0 Å². The van der Waals surface area contributed by atoms with Gasteiger partial charge < -0.3 is 14.4 Å². The predicted octanol–water partition coefficient (Wildman–Crippen LogP) is 4.75. The smallest absolute Gasteiger partial charge is 0.436 e. The minimum absolute atomic E-state index is 0.191. The number of carbonyl (C=O) groups is 4. The summed E-state index contributed by atoms with van der Waals surface area (Å²) in [5.41, 5.74) is 0.00506. The van der Waals surface area contributed by atoms with Gasteiger partial charge in [-0.2, -0.15) is 13.2 Å². The fourth-order valence-electron chi connectivity index (χ4n) is 4.95. The lowest BCUT2D eigenvalue weighted by atomic mass is 9.92. The van der Waals surface area contributed by atoms with Gasteiger partial charge in [-0.05, 0) is 62.1 Å². The number of rotatable bonds is 8. The topological polar surface area (TPSA) is 121 Å². The Morgan fingerprint density at radius 2 is 1.88 bits per heavy atom. The second-order valence-corrected chi connectivity index (χ2v) is 11.0. The monoisotopic (exact) mass is 622 g/mol. The molecular formula is C27H22ClF3N4O6S. The molecule has 2 unspecified atom stereocenters. The van der Waals surface area contributed by atoms with Crippen molar-refractivity contribution >= 4 is 52.1 Å². The number of hydrogen-bond donors (Lipinski definition) is 0. The quantitative estimate of drug-likeness (QED) is 0.261. The van der Waals surface area contributed by atoms with Crippen molar-refractivity contribution in [3.05, 3.63) is 68.6 Å². The summed E-state index contributed by atoms with van der Waals surface area (Å²) < 4.78 is 50.5. The summed E-state index contributed by atoms with van der Waals surface area (Å²) in [4.78, 5) is 52.4. The van der Waals surface area contributed by atoms with Gasteiger partial charge in [0, 0.05) is 22.7 Å². The van der Waals surface area contributed by atoms with E-state index in [1.54, 1.807) is 6.92 Å². The molecule has 1 fully saturated rings. The van der Waals surface area contributed by atoms with Crippen LogP contribution in [0.3, 0.4) is 0 Å². The number of amides is 1. The van der Waals surface area contributed by atoms with Crippen LogP contribution in [0.2, 0.25) is 5.02 Å². The molecule has 2 atom stereocenters. The van der Waals surface area contributed by atoms with Crippen LogP contribution in [0, 0.1) is 0 Å². The Kier molecular flexibility index (Phi) is 8.19. The Bertz CT molecular complexity index is 1600. The highest BCUT2D eigenvalue weighted by Crippen LogP contribution is 2.39. The molecule has 2 aliphatic rings. The number of hydrogen-bond acceptors (Lipinski definition) is 9. The van der Waals surface area contributed by atoms with Crippen molar-refractivity contribution in [3.63, 3.8) is 0 Å². The van der Waals surface area contributed by atoms with Gasteiger partial charge in [-0.1, -0.05) is 16.8 Å². The van der Waals surface area contributed by atoms with Crippen LogP contribution in [0.5, 0.6) is 0 Å². The predicted molar refractivity (Wildman–Crippen MR) is 143 cm³/mol. The molecule has 0 bridgehead atoms. The number of carbonyl (C=O) groups excluding carboxylic acids is 4. The standard InChI is InChI=1S/C27H22ClF3N4O6S/c1-2-40-26(39)22-8-7-21(42-22)20(36)13-41-25(38)19-6-4-16-9-14(10-24(37)35(16)19)17-11-15(28)3-5-18(17)34-12-23(32-33-34)27(29,30)31/h3,5,7-8,10-12,16,19H,2,4,6,9,13H2,1H3. The number of thiophene rings is 1. The van der Waals surface area contributed by atoms with Gasteiger partial charge in [0.1, 0.15) is 10.9 Å². The Morgan fingerprint density at radius 3 is 2.60 bits per heavy atom. The highest BCUT2D eigenvalue weighted by atomic mass is 35.5. The SMILES string of the molecule is CCOC(=O)c1ccc(C(=O)COC(=O)C2CCC3CC(c4cc(Cl)ccc4-n4cc(C(F)(F)F)nn4)=CC(=O)N32)s1. The van der Waals surface area contributed by atoms with E-state index in [9.17, 15) is 32.3 Å². The second-order valence-electron chi connectivity index (χ2n) is 9.49. The average molecular weight is 623 g/mol. The van der Waals surface area contributed by atoms with Crippen molar-refractivity contribution in [3.8, 4) is 5.69 Å². The van der Waals surface area contributed by atoms with Crippen LogP contribution in [-0.2, 0) is 25.2 Å². The molecule has 0 N–H and O–H groups in total. The van der Waals surface area contributed by atoms with Gasteiger partial charge in [0.05, 0.1) is 23.4 Å². The molecule has 5 rings (SSSR count). The highest BCUT2D eigenvalue weighted by Gasteiger charge is 2.44. The molecular weight excluding hydrogens is 601 g/mol. The minimum Gasteiger partial charge on any atom is -0.462 e. The van der Waals surface area contributed by atoms with E-state index in [1.807, 2.05) is 0 Å². The largest absolute Gasteiger partial charge is 0.462 e. The molecule has 1 saturated heterocycles. The Balaban J connectivity index is 1.29. The van der Waals surface area contributed by atoms with Crippen LogP contribution < -0.4 is 0 Å². The second kappa shape index (κ2) is 11.7. The molecule has 10 nitrogen and oxygen atoms in total. The lowest BCUT2D eigenvalue weighted by molar-refractivity contribution is -0.152. The summed E-state index contributed by atoms with van der Waals surface area (Å²) in [7, 11) is 0.